The second-order valence-electron chi connectivity index (χ2n) is 7.82. The Balaban J connectivity index is 1.81. The van der Waals surface area contributed by atoms with Crippen molar-refractivity contribution in [3.8, 4) is 0 Å². The molecule has 1 aromatic carbocycles. The molecule has 3 aromatic rings. The van der Waals surface area contributed by atoms with E-state index in [0.29, 0.717) is 28.1 Å². The highest BCUT2D eigenvalue weighted by Gasteiger charge is 2.35. The maximum Gasteiger partial charge on any atom is 0.416 e. The SMILES string of the molecule is C=NC(=N/C=C\C)n1ncnc1C(C)N(C)c1ncnc2c(C3CC3)cc(C(F)(F)F)cc12. The summed E-state index contributed by atoms with van der Waals surface area (Å²) in [6, 6.07) is 1.91. The highest BCUT2D eigenvalue weighted by atomic mass is 19.4. The first kappa shape index (κ1) is 22.6. The first-order valence-corrected chi connectivity index (χ1v) is 10.4. The Labute approximate surface area is 188 Å². The summed E-state index contributed by atoms with van der Waals surface area (Å²) in [5, 5.41) is 4.54. The van der Waals surface area contributed by atoms with Crippen LogP contribution >= 0.6 is 0 Å². The van der Waals surface area contributed by atoms with Crippen LogP contribution in [-0.2, 0) is 6.18 Å². The Kier molecular flexibility index (Phi) is 5.96. The smallest absolute Gasteiger partial charge is 0.349 e. The van der Waals surface area contributed by atoms with Crippen molar-refractivity contribution in [3.63, 3.8) is 0 Å². The Morgan fingerprint density at radius 3 is 2.64 bits per heavy atom. The van der Waals surface area contributed by atoms with Gasteiger partial charge in [0.15, 0.2) is 5.82 Å². The van der Waals surface area contributed by atoms with E-state index in [4.69, 9.17) is 0 Å². The molecule has 0 radical (unpaired) electrons. The summed E-state index contributed by atoms with van der Waals surface area (Å²) >= 11 is 0. The van der Waals surface area contributed by atoms with E-state index in [1.54, 1.807) is 24.2 Å². The van der Waals surface area contributed by atoms with E-state index in [1.807, 2.05) is 13.8 Å². The normalized spacial score (nSPS) is 15.9. The quantitative estimate of drug-likeness (QED) is 0.409. The molecule has 8 nitrogen and oxygen atoms in total. The van der Waals surface area contributed by atoms with Gasteiger partial charge in [0.05, 0.1) is 17.1 Å². The van der Waals surface area contributed by atoms with E-state index in [1.165, 1.54) is 23.4 Å². The van der Waals surface area contributed by atoms with Crippen molar-refractivity contribution in [1.29, 1.82) is 0 Å². The van der Waals surface area contributed by atoms with E-state index >= 15 is 0 Å². The predicted molar refractivity (Wildman–Crippen MR) is 121 cm³/mol. The largest absolute Gasteiger partial charge is 0.416 e. The number of benzene rings is 1. The fourth-order valence-corrected chi connectivity index (χ4v) is 3.68. The fraction of sp³-hybridized carbons (Fsp3) is 0.364. The number of allylic oxidation sites excluding steroid dienone is 1. The Bertz CT molecular complexity index is 1240. The van der Waals surface area contributed by atoms with Crippen molar-refractivity contribution in [2.75, 3.05) is 11.9 Å². The number of hydrogen-bond acceptors (Lipinski definition) is 6. The van der Waals surface area contributed by atoms with Crippen LogP contribution in [0, 0.1) is 0 Å². The summed E-state index contributed by atoms with van der Waals surface area (Å²) in [7, 11) is 1.74. The molecule has 0 amide bonds. The van der Waals surface area contributed by atoms with E-state index in [-0.39, 0.29) is 11.9 Å². The number of anilines is 1. The first-order valence-electron chi connectivity index (χ1n) is 10.4. The summed E-state index contributed by atoms with van der Waals surface area (Å²) in [5.41, 5.74) is 0.456. The van der Waals surface area contributed by atoms with Gasteiger partial charge in [-0.05, 0) is 57.0 Å². The lowest BCUT2D eigenvalue weighted by molar-refractivity contribution is -0.137. The molecule has 1 saturated carbocycles. The first-order chi connectivity index (χ1) is 15.8. The van der Waals surface area contributed by atoms with Gasteiger partial charge in [-0.2, -0.15) is 23.0 Å². The maximum atomic E-state index is 13.7. The van der Waals surface area contributed by atoms with Crippen LogP contribution in [0.25, 0.3) is 10.9 Å². The lowest BCUT2D eigenvalue weighted by Gasteiger charge is -2.27. The fourth-order valence-electron chi connectivity index (χ4n) is 3.68. The summed E-state index contributed by atoms with van der Waals surface area (Å²) < 4.78 is 42.4. The minimum absolute atomic E-state index is 0.0902. The molecule has 0 spiro atoms. The maximum absolute atomic E-state index is 13.7. The van der Waals surface area contributed by atoms with Gasteiger partial charge in [0.1, 0.15) is 18.5 Å². The number of rotatable bonds is 5. The molecule has 2 heterocycles. The van der Waals surface area contributed by atoms with Gasteiger partial charge >= 0.3 is 6.18 Å². The van der Waals surface area contributed by atoms with Crippen LogP contribution in [0.3, 0.4) is 0 Å². The molecule has 1 atom stereocenters. The Hall–Kier alpha value is -3.63. The van der Waals surface area contributed by atoms with Gasteiger partial charge in [-0.25, -0.2) is 24.9 Å². The third-order valence-corrected chi connectivity index (χ3v) is 5.62. The predicted octanol–water partition coefficient (Wildman–Crippen LogP) is 4.75. The number of aliphatic imine (C=N–C) groups is 2. The molecule has 1 aliphatic carbocycles. The minimum Gasteiger partial charge on any atom is -0.349 e. The van der Waals surface area contributed by atoms with Crippen LogP contribution in [-0.4, -0.2) is 44.5 Å². The van der Waals surface area contributed by atoms with Crippen LogP contribution in [0.2, 0.25) is 0 Å². The molecule has 33 heavy (non-hydrogen) atoms. The average Bonchev–Trinajstić information content (AvgIpc) is 3.53. The van der Waals surface area contributed by atoms with E-state index < -0.39 is 17.8 Å². The van der Waals surface area contributed by atoms with Gasteiger partial charge in [-0.3, -0.25) is 0 Å². The van der Waals surface area contributed by atoms with E-state index in [2.05, 4.69) is 36.8 Å². The number of hydrogen-bond donors (Lipinski definition) is 0. The number of alkyl halides is 3. The summed E-state index contributed by atoms with van der Waals surface area (Å²) in [5.74, 6) is 1.17. The van der Waals surface area contributed by atoms with Gasteiger partial charge in [-0.1, -0.05) is 6.08 Å². The van der Waals surface area contributed by atoms with Crippen LogP contribution < -0.4 is 4.90 Å². The third kappa shape index (κ3) is 4.35. The zero-order valence-corrected chi connectivity index (χ0v) is 18.5. The molecule has 0 aliphatic heterocycles. The zero-order chi connectivity index (χ0) is 23.8. The molecular weight excluding hydrogens is 433 g/mol. The van der Waals surface area contributed by atoms with Crippen LogP contribution in [0.5, 0.6) is 0 Å². The second kappa shape index (κ2) is 8.72. The number of aromatic nitrogens is 5. The molecule has 1 aliphatic rings. The number of fused-ring (bicyclic) bond motifs is 1. The number of nitrogens with zero attached hydrogens (tertiary/aromatic N) is 8. The molecule has 1 unspecified atom stereocenters. The zero-order valence-electron chi connectivity index (χ0n) is 18.5. The standard InChI is InChI=1S/C22H23F3N8/c1-5-8-27-21(26-3)33-19(30-12-31-33)13(2)32(4)20-17-10-15(22(23,24)25)9-16(14-6-7-14)18(17)28-11-29-20/h5,8-14H,3,6-7H2,1-2,4H3/b8-5-,27-21?. The minimum atomic E-state index is -4.47. The van der Waals surface area contributed by atoms with Gasteiger partial charge in [-0.15, -0.1) is 0 Å². The van der Waals surface area contributed by atoms with Crippen molar-refractivity contribution >= 4 is 29.4 Å². The molecule has 1 fully saturated rings. The summed E-state index contributed by atoms with van der Waals surface area (Å²) in [6.45, 7) is 7.20. The van der Waals surface area contributed by atoms with Crippen molar-refractivity contribution in [2.24, 2.45) is 9.98 Å². The Morgan fingerprint density at radius 1 is 1.24 bits per heavy atom. The molecule has 2 aromatic heterocycles. The third-order valence-electron chi connectivity index (χ3n) is 5.62. The van der Waals surface area contributed by atoms with Gasteiger partial charge in [0.2, 0.25) is 0 Å². The summed E-state index contributed by atoms with van der Waals surface area (Å²) in [4.78, 5) is 22.9. The molecule has 0 bridgehead atoms. The second-order valence-corrected chi connectivity index (χ2v) is 7.82. The molecule has 0 N–H and O–H groups in total. The molecule has 0 saturated heterocycles. The average molecular weight is 456 g/mol. The highest BCUT2D eigenvalue weighted by Crippen LogP contribution is 2.46. The lowest BCUT2D eigenvalue weighted by Crippen LogP contribution is -2.28. The highest BCUT2D eigenvalue weighted by molar-refractivity contribution is 5.93. The molecule has 4 rings (SSSR count). The molecule has 172 valence electrons. The topological polar surface area (TPSA) is 84.5 Å². The van der Waals surface area contributed by atoms with Crippen molar-refractivity contribution < 1.29 is 13.2 Å². The van der Waals surface area contributed by atoms with Crippen molar-refractivity contribution in [1.82, 2.24) is 24.7 Å². The molecular formula is C22H23F3N8. The van der Waals surface area contributed by atoms with E-state index in [9.17, 15) is 13.2 Å². The van der Waals surface area contributed by atoms with Crippen molar-refractivity contribution in [3.05, 3.63) is 54.0 Å². The lowest BCUT2D eigenvalue weighted by atomic mass is 10.0. The van der Waals surface area contributed by atoms with Crippen molar-refractivity contribution in [2.45, 2.75) is 44.8 Å². The van der Waals surface area contributed by atoms with Crippen LogP contribution in [0.15, 0.2) is 47.0 Å². The van der Waals surface area contributed by atoms with Gasteiger partial charge in [0.25, 0.3) is 5.96 Å². The van der Waals surface area contributed by atoms with E-state index in [0.717, 1.165) is 18.9 Å². The monoisotopic (exact) mass is 456 g/mol. The van der Waals surface area contributed by atoms with Crippen LogP contribution in [0.4, 0.5) is 19.0 Å². The Morgan fingerprint density at radius 2 is 2.00 bits per heavy atom. The number of halogens is 3. The van der Waals surface area contributed by atoms with Gasteiger partial charge in [0, 0.05) is 18.6 Å². The van der Waals surface area contributed by atoms with Gasteiger partial charge < -0.3 is 4.90 Å². The summed E-state index contributed by atoms with van der Waals surface area (Å²) in [6.07, 6.45) is 3.28. The van der Waals surface area contributed by atoms with Crippen LogP contribution in [0.1, 0.15) is 55.6 Å². The molecule has 11 heteroatoms.